The molecule has 1 saturated carbocycles. The molecule has 166 valence electrons. The van der Waals surface area contributed by atoms with Gasteiger partial charge in [0.05, 0.1) is 31.0 Å². The van der Waals surface area contributed by atoms with Crippen LogP contribution in [0.2, 0.25) is 0 Å². The van der Waals surface area contributed by atoms with E-state index in [1.807, 2.05) is 12.1 Å². The second-order valence-corrected chi connectivity index (χ2v) is 8.39. The van der Waals surface area contributed by atoms with Gasteiger partial charge >= 0.3 is 0 Å². The Morgan fingerprint density at radius 3 is 2.53 bits per heavy atom. The maximum absolute atomic E-state index is 12.9. The van der Waals surface area contributed by atoms with Crippen molar-refractivity contribution in [3.8, 4) is 22.1 Å². The number of nitrogens with zero attached hydrogens (tertiary/aromatic N) is 1. The van der Waals surface area contributed by atoms with Crippen LogP contribution in [0.4, 0.5) is 5.69 Å². The number of hydrogen-bond acceptors (Lipinski definition) is 6. The minimum Gasteiger partial charge on any atom is -0.493 e. The SMILES string of the molecule is COc1cccc(-c2nc(C(=O)Nc3ccccc3C(=O)NC3CCCC3)cs2)c1OC. The van der Waals surface area contributed by atoms with E-state index in [1.165, 1.54) is 11.3 Å². The Balaban J connectivity index is 1.53. The first-order valence-corrected chi connectivity index (χ1v) is 11.4. The third-order valence-electron chi connectivity index (χ3n) is 5.48. The molecule has 0 radical (unpaired) electrons. The minimum atomic E-state index is -0.379. The Kier molecular flexibility index (Phi) is 6.70. The van der Waals surface area contributed by atoms with Crippen LogP contribution in [0, 0.1) is 0 Å². The minimum absolute atomic E-state index is 0.173. The third-order valence-corrected chi connectivity index (χ3v) is 6.36. The molecule has 7 nitrogen and oxygen atoms in total. The number of rotatable bonds is 7. The quantitative estimate of drug-likeness (QED) is 0.541. The van der Waals surface area contributed by atoms with Crippen LogP contribution in [0.5, 0.6) is 11.5 Å². The monoisotopic (exact) mass is 451 g/mol. The summed E-state index contributed by atoms with van der Waals surface area (Å²) in [7, 11) is 3.14. The van der Waals surface area contributed by atoms with Crippen LogP contribution >= 0.6 is 11.3 Å². The number of carbonyl (C=O) groups excluding carboxylic acids is 2. The molecular weight excluding hydrogens is 426 g/mol. The van der Waals surface area contributed by atoms with Gasteiger partial charge < -0.3 is 20.1 Å². The van der Waals surface area contributed by atoms with E-state index in [0.717, 1.165) is 31.2 Å². The molecule has 2 amide bonds. The van der Waals surface area contributed by atoms with E-state index in [1.54, 1.807) is 49.9 Å². The van der Waals surface area contributed by atoms with Gasteiger partial charge in [-0.25, -0.2) is 4.98 Å². The number of aromatic nitrogens is 1. The maximum Gasteiger partial charge on any atom is 0.275 e. The van der Waals surface area contributed by atoms with E-state index in [9.17, 15) is 9.59 Å². The summed E-state index contributed by atoms with van der Waals surface area (Å²) in [4.78, 5) is 30.1. The van der Waals surface area contributed by atoms with Crippen molar-refractivity contribution >= 4 is 28.8 Å². The number of anilines is 1. The Bertz CT molecular complexity index is 1120. The molecule has 1 aliphatic carbocycles. The molecule has 2 N–H and O–H groups in total. The molecule has 4 rings (SSSR count). The number of methoxy groups -OCH3 is 2. The van der Waals surface area contributed by atoms with Gasteiger partial charge in [0.15, 0.2) is 11.5 Å². The molecule has 0 saturated heterocycles. The van der Waals surface area contributed by atoms with Crippen LogP contribution in [0.1, 0.15) is 46.5 Å². The summed E-state index contributed by atoms with van der Waals surface area (Å²) >= 11 is 1.34. The fourth-order valence-corrected chi connectivity index (χ4v) is 4.69. The highest BCUT2D eigenvalue weighted by atomic mass is 32.1. The van der Waals surface area contributed by atoms with E-state index in [-0.39, 0.29) is 23.6 Å². The predicted molar refractivity (Wildman–Crippen MR) is 125 cm³/mol. The summed E-state index contributed by atoms with van der Waals surface area (Å²) in [5, 5.41) is 8.23. The number of carbonyl (C=O) groups is 2. The lowest BCUT2D eigenvalue weighted by molar-refractivity contribution is 0.0938. The number of para-hydroxylation sites is 2. The Morgan fingerprint density at radius 1 is 1.00 bits per heavy atom. The molecule has 3 aromatic rings. The topological polar surface area (TPSA) is 89.5 Å². The van der Waals surface area contributed by atoms with Gasteiger partial charge in [0.1, 0.15) is 10.7 Å². The van der Waals surface area contributed by atoms with Gasteiger partial charge in [0, 0.05) is 11.4 Å². The van der Waals surface area contributed by atoms with Gasteiger partial charge in [-0.15, -0.1) is 11.3 Å². The van der Waals surface area contributed by atoms with Crippen LogP contribution in [0.25, 0.3) is 10.6 Å². The smallest absolute Gasteiger partial charge is 0.275 e. The molecule has 1 aromatic heterocycles. The number of benzene rings is 2. The predicted octanol–water partition coefficient (Wildman–Crippen LogP) is 4.75. The van der Waals surface area contributed by atoms with Crippen LogP contribution in [-0.2, 0) is 0 Å². The fourth-order valence-electron chi connectivity index (χ4n) is 3.87. The van der Waals surface area contributed by atoms with Gasteiger partial charge in [-0.2, -0.15) is 0 Å². The molecule has 0 aliphatic heterocycles. The molecule has 1 aliphatic rings. The van der Waals surface area contributed by atoms with Crippen molar-refractivity contribution in [1.29, 1.82) is 0 Å². The maximum atomic E-state index is 12.9. The van der Waals surface area contributed by atoms with E-state index in [4.69, 9.17) is 9.47 Å². The molecule has 0 bridgehead atoms. The van der Waals surface area contributed by atoms with Crippen LogP contribution in [0.15, 0.2) is 47.8 Å². The van der Waals surface area contributed by atoms with Gasteiger partial charge in [0.25, 0.3) is 11.8 Å². The van der Waals surface area contributed by atoms with Crippen LogP contribution in [0.3, 0.4) is 0 Å². The summed E-state index contributed by atoms with van der Waals surface area (Å²) in [5.74, 6) is 0.599. The molecule has 0 spiro atoms. The molecule has 0 unspecified atom stereocenters. The fraction of sp³-hybridized carbons (Fsp3) is 0.292. The standard InChI is InChI=1S/C24H25N3O4S/c1-30-20-13-7-11-17(21(20)31-2)24-27-19(14-32-24)23(29)26-18-12-6-5-10-16(18)22(28)25-15-8-3-4-9-15/h5-7,10-15H,3-4,8-9H2,1-2H3,(H,25,28)(H,26,29). The first kappa shape index (κ1) is 21.8. The lowest BCUT2D eigenvalue weighted by atomic mass is 10.1. The second kappa shape index (κ2) is 9.82. The summed E-state index contributed by atoms with van der Waals surface area (Å²) in [5.41, 5.74) is 1.91. The van der Waals surface area contributed by atoms with Gasteiger partial charge in [-0.1, -0.05) is 31.0 Å². The van der Waals surface area contributed by atoms with Crippen molar-refractivity contribution in [3.05, 3.63) is 59.1 Å². The second-order valence-electron chi connectivity index (χ2n) is 7.53. The average molecular weight is 452 g/mol. The van der Waals surface area contributed by atoms with Crippen LogP contribution < -0.4 is 20.1 Å². The van der Waals surface area contributed by atoms with Crippen molar-refractivity contribution < 1.29 is 19.1 Å². The van der Waals surface area contributed by atoms with Gasteiger partial charge in [-0.05, 0) is 37.1 Å². The lowest BCUT2D eigenvalue weighted by Crippen LogP contribution is -2.33. The third kappa shape index (κ3) is 4.60. The zero-order valence-corrected chi connectivity index (χ0v) is 18.8. The van der Waals surface area contributed by atoms with Crippen molar-refractivity contribution in [2.75, 3.05) is 19.5 Å². The van der Waals surface area contributed by atoms with E-state index >= 15 is 0 Å². The molecule has 32 heavy (non-hydrogen) atoms. The Hall–Kier alpha value is -3.39. The number of hydrogen-bond donors (Lipinski definition) is 2. The number of nitrogens with one attached hydrogen (secondary N) is 2. The first-order chi connectivity index (χ1) is 15.6. The van der Waals surface area contributed by atoms with E-state index < -0.39 is 0 Å². The molecule has 1 heterocycles. The number of amides is 2. The normalized spacial score (nSPS) is 13.6. The lowest BCUT2D eigenvalue weighted by Gasteiger charge is -2.14. The first-order valence-electron chi connectivity index (χ1n) is 10.5. The van der Waals surface area contributed by atoms with Gasteiger partial charge in [-0.3, -0.25) is 9.59 Å². The average Bonchev–Trinajstić information content (AvgIpc) is 3.51. The van der Waals surface area contributed by atoms with Crippen molar-refractivity contribution in [3.63, 3.8) is 0 Å². The highest BCUT2D eigenvalue weighted by Gasteiger charge is 2.21. The van der Waals surface area contributed by atoms with Crippen molar-refractivity contribution in [2.24, 2.45) is 0 Å². The zero-order valence-electron chi connectivity index (χ0n) is 18.0. The summed E-state index contributed by atoms with van der Waals surface area (Å²) in [6.45, 7) is 0. The number of ether oxygens (including phenoxy) is 2. The zero-order chi connectivity index (χ0) is 22.5. The summed E-state index contributed by atoms with van der Waals surface area (Å²) in [6, 6.07) is 12.7. The Labute approximate surface area is 190 Å². The van der Waals surface area contributed by atoms with E-state index in [0.29, 0.717) is 27.8 Å². The highest BCUT2D eigenvalue weighted by molar-refractivity contribution is 7.13. The molecular formula is C24H25N3O4S. The largest absolute Gasteiger partial charge is 0.493 e. The van der Waals surface area contributed by atoms with Gasteiger partial charge in [0.2, 0.25) is 0 Å². The Morgan fingerprint density at radius 2 is 1.78 bits per heavy atom. The number of thiazole rings is 1. The van der Waals surface area contributed by atoms with Crippen molar-refractivity contribution in [1.82, 2.24) is 10.3 Å². The summed E-state index contributed by atoms with van der Waals surface area (Å²) < 4.78 is 10.8. The van der Waals surface area contributed by atoms with Crippen molar-refractivity contribution in [2.45, 2.75) is 31.7 Å². The molecule has 1 fully saturated rings. The van der Waals surface area contributed by atoms with E-state index in [2.05, 4.69) is 15.6 Å². The molecule has 8 heteroatoms. The summed E-state index contributed by atoms with van der Waals surface area (Å²) in [6.07, 6.45) is 4.26. The highest BCUT2D eigenvalue weighted by Crippen LogP contribution is 2.39. The van der Waals surface area contributed by atoms with Crippen LogP contribution in [-0.4, -0.2) is 37.1 Å². The molecule has 2 aromatic carbocycles. The molecule has 0 atom stereocenters.